The van der Waals surface area contributed by atoms with Gasteiger partial charge in [-0.15, -0.1) is 0 Å². The van der Waals surface area contributed by atoms with Crippen molar-refractivity contribution in [2.75, 3.05) is 7.11 Å². The van der Waals surface area contributed by atoms with Crippen molar-refractivity contribution in [3.05, 3.63) is 67.0 Å². The first-order valence-electron chi connectivity index (χ1n) is 5.65. The summed E-state index contributed by atoms with van der Waals surface area (Å²) in [6.45, 7) is 7.35. The normalized spacial score (nSPS) is 12.6. The van der Waals surface area contributed by atoms with Crippen LogP contribution in [0.1, 0.15) is 5.69 Å². The van der Waals surface area contributed by atoms with Crippen LogP contribution < -0.4 is 0 Å². The van der Waals surface area contributed by atoms with Gasteiger partial charge in [-0.05, 0) is 17.7 Å². The van der Waals surface area contributed by atoms with E-state index < -0.39 is 5.92 Å². The quantitative estimate of drug-likeness (QED) is 0.569. The number of carbonyl (C=O) groups excluding carboxylic acids is 1. The lowest BCUT2D eigenvalue weighted by Crippen LogP contribution is -2.20. The molecule has 0 saturated carbocycles. The number of esters is 1. The standard InChI is InChI=1S/C15H17NO2/c1-4-8-12(5-2)14(15(17)18-3)11-13-9-6-7-10-16-13/h4-10,14H,1-2,11H2,3H3/b12-8+. The first kappa shape index (κ1) is 13.9. The molecule has 1 heterocycles. The number of pyridine rings is 1. The average molecular weight is 243 g/mol. The summed E-state index contributed by atoms with van der Waals surface area (Å²) in [7, 11) is 1.38. The molecule has 0 fully saturated rings. The Morgan fingerprint density at radius 1 is 1.50 bits per heavy atom. The molecule has 1 unspecified atom stereocenters. The van der Waals surface area contributed by atoms with Crippen LogP contribution in [-0.2, 0) is 16.0 Å². The number of aromatic nitrogens is 1. The van der Waals surface area contributed by atoms with E-state index in [9.17, 15) is 4.79 Å². The molecule has 0 saturated heterocycles. The van der Waals surface area contributed by atoms with Gasteiger partial charge in [-0.2, -0.15) is 0 Å². The molecular weight excluding hydrogens is 226 g/mol. The highest BCUT2D eigenvalue weighted by atomic mass is 16.5. The molecule has 0 aliphatic rings. The molecule has 3 heteroatoms. The van der Waals surface area contributed by atoms with Crippen LogP contribution in [0.2, 0.25) is 0 Å². The maximum atomic E-state index is 11.8. The van der Waals surface area contributed by atoms with Gasteiger partial charge in [-0.1, -0.05) is 37.5 Å². The summed E-state index contributed by atoms with van der Waals surface area (Å²) >= 11 is 0. The van der Waals surface area contributed by atoms with Crippen molar-refractivity contribution in [3.63, 3.8) is 0 Å². The minimum absolute atomic E-state index is 0.298. The zero-order valence-corrected chi connectivity index (χ0v) is 10.5. The summed E-state index contributed by atoms with van der Waals surface area (Å²) in [5, 5.41) is 0. The van der Waals surface area contributed by atoms with Crippen molar-refractivity contribution in [3.8, 4) is 0 Å². The Kier molecular flexibility index (Phi) is 5.58. The van der Waals surface area contributed by atoms with Crippen LogP contribution in [0.15, 0.2) is 61.4 Å². The molecular formula is C15H17NO2. The number of ether oxygens (including phenoxy) is 1. The fraction of sp³-hybridized carbons (Fsp3) is 0.200. The second-order valence-electron chi connectivity index (χ2n) is 3.71. The third-order valence-electron chi connectivity index (χ3n) is 2.57. The number of allylic oxidation sites excluding steroid dienone is 3. The predicted molar refractivity (Wildman–Crippen MR) is 71.9 cm³/mol. The van der Waals surface area contributed by atoms with Gasteiger partial charge in [0, 0.05) is 18.3 Å². The molecule has 0 amide bonds. The third-order valence-corrected chi connectivity index (χ3v) is 2.57. The SMILES string of the molecule is C=C/C=C(\C=C)C(Cc1ccccn1)C(=O)OC. The Balaban J connectivity index is 2.99. The smallest absolute Gasteiger partial charge is 0.313 e. The lowest BCUT2D eigenvalue weighted by Gasteiger charge is -2.15. The van der Waals surface area contributed by atoms with Gasteiger partial charge in [0.05, 0.1) is 13.0 Å². The molecule has 0 aliphatic carbocycles. The molecule has 0 N–H and O–H groups in total. The molecule has 0 spiro atoms. The second-order valence-corrected chi connectivity index (χ2v) is 3.71. The lowest BCUT2D eigenvalue weighted by molar-refractivity contribution is -0.143. The van der Waals surface area contributed by atoms with Gasteiger partial charge in [0.15, 0.2) is 0 Å². The molecule has 18 heavy (non-hydrogen) atoms. The minimum Gasteiger partial charge on any atom is -0.469 e. The Morgan fingerprint density at radius 3 is 2.78 bits per heavy atom. The van der Waals surface area contributed by atoms with Gasteiger partial charge in [-0.3, -0.25) is 9.78 Å². The number of carbonyl (C=O) groups is 1. The molecule has 94 valence electrons. The van der Waals surface area contributed by atoms with Gasteiger partial charge in [0.1, 0.15) is 0 Å². The molecule has 1 atom stereocenters. The Labute approximate surface area is 108 Å². The number of hydrogen-bond acceptors (Lipinski definition) is 3. The van der Waals surface area contributed by atoms with E-state index in [1.807, 2.05) is 18.2 Å². The van der Waals surface area contributed by atoms with Gasteiger partial charge < -0.3 is 4.74 Å². The summed E-state index contributed by atoms with van der Waals surface area (Å²) in [6.07, 6.45) is 7.22. The Bertz CT molecular complexity index is 449. The summed E-state index contributed by atoms with van der Waals surface area (Å²) in [5.41, 5.74) is 1.62. The van der Waals surface area contributed by atoms with Crippen molar-refractivity contribution in [2.24, 2.45) is 5.92 Å². The molecule has 1 aromatic rings. The van der Waals surface area contributed by atoms with Gasteiger partial charge in [0.2, 0.25) is 0 Å². The summed E-state index contributed by atoms with van der Waals surface area (Å²) < 4.78 is 4.82. The zero-order chi connectivity index (χ0) is 13.4. The minimum atomic E-state index is -0.402. The van der Waals surface area contributed by atoms with E-state index in [0.29, 0.717) is 6.42 Å². The largest absolute Gasteiger partial charge is 0.469 e. The number of nitrogens with zero attached hydrogens (tertiary/aromatic N) is 1. The van der Waals surface area contributed by atoms with Crippen LogP contribution in [-0.4, -0.2) is 18.1 Å². The van der Waals surface area contributed by atoms with E-state index in [-0.39, 0.29) is 5.97 Å². The average Bonchev–Trinajstić information content (AvgIpc) is 2.43. The van der Waals surface area contributed by atoms with Crippen LogP contribution in [0.5, 0.6) is 0 Å². The number of methoxy groups -OCH3 is 1. The highest BCUT2D eigenvalue weighted by Gasteiger charge is 2.22. The van der Waals surface area contributed by atoms with Crippen LogP contribution in [0, 0.1) is 5.92 Å². The fourth-order valence-electron chi connectivity index (χ4n) is 1.67. The first-order chi connectivity index (χ1) is 8.72. The van der Waals surface area contributed by atoms with Crippen molar-refractivity contribution in [1.82, 2.24) is 4.98 Å². The van der Waals surface area contributed by atoms with E-state index in [0.717, 1.165) is 11.3 Å². The zero-order valence-electron chi connectivity index (χ0n) is 10.5. The van der Waals surface area contributed by atoms with Gasteiger partial charge in [-0.25, -0.2) is 0 Å². The Morgan fingerprint density at radius 2 is 2.28 bits per heavy atom. The highest BCUT2D eigenvalue weighted by molar-refractivity contribution is 5.77. The molecule has 1 rings (SSSR count). The van der Waals surface area contributed by atoms with Crippen molar-refractivity contribution in [2.45, 2.75) is 6.42 Å². The topological polar surface area (TPSA) is 39.2 Å². The number of hydrogen-bond donors (Lipinski definition) is 0. The maximum absolute atomic E-state index is 11.8. The second kappa shape index (κ2) is 7.22. The Hall–Kier alpha value is -2.16. The van der Waals surface area contributed by atoms with E-state index in [2.05, 4.69) is 18.1 Å². The first-order valence-corrected chi connectivity index (χ1v) is 5.65. The lowest BCUT2D eigenvalue weighted by atomic mass is 9.93. The summed E-state index contributed by atoms with van der Waals surface area (Å²) in [5.74, 6) is -0.700. The molecule has 0 radical (unpaired) electrons. The summed E-state index contributed by atoms with van der Waals surface area (Å²) in [4.78, 5) is 16.0. The predicted octanol–water partition coefficient (Wildman–Crippen LogP) is 2.71. The van der Waals surface area contributed by atoms with E-state index in [1.54, 1.807) is 24.4 Å². The van der Waals surface area contributed by atoms with Crippen LogP contribution in [0.4, 0.5) is 0 Å². The number of rotatable bonds is 6. The summed E-state index contributed by atoms with van der Waals surface area (Å²) in [6, 6.07) is 5.61. The van der Waals surface area contributed by atoms with Crippen molar-refractivity contribution in [1.29, 1.82) is 0 Å². The van der Waals surface area contributed by atoms with E-state index >= 15 is 0 Å². The van der Waals surface area contributed by atoms with Gasteiger partial charge >= 0.3 is 5.97 Å². The van der Waals surface area contributed by atoms with Crippen LogP contribution in [0.3, 0.4) is 0 Å². The fourth-order valence-corrected chi connectivity index (χ4v) is 1.67. The third kappa shape index (κ3) is 3.70. The van der Waals surface area contributed by atoms with Crippen LogP contribution in [0.25, 0.3) is 0 Å². The van der Waals surface area contributed by atoms with Gasteiger partial charge in [0.25, 0.3) is 0 Å². The van der Waals surface area contributed by atoms with Crippen molar-refractivity contribution >= 4 is 5.97 Å². The van der Waals surface area contributed by atoms with Crippen LogP contribution >= 0.6 is 0 Å². The van der Waals surface area contributed by atoms with Crippen molar-refractivity contribution < 1.29 is 9.53 Å². The van der Waals surface area contributed by atoms with E-state index in [4.69, 9.17) is 4.74 Å². The maximum Gasteiger partial charge on any atom is 0.313 e. The molecule has 0 aromatic carbocycles. The monoisotopic (exact) mass is 243 g/mol. The molecule has 0 aliphatic heterocycles. The molecule has 1 aromatic heterocycles. The molecule has 0 bridgehead atoms. The van der Waals surface area contributed by atoms with E-state index in [1.165, 1.54) is 7.11 Å². The highest BCUT2D eigenvalue weighted by Crippen LogP contribution is 2.19. The molecule has 3 nitrogen and oxygen atoms in total.